The standard InChI is InChI=1S/C29H26FNO4/c1-33-26-14-8-6-12-24(26)23-15-16-27(34-20-21-9-3-2-4-10-21)28(19-23)35-29(32)31-18-17-22-11-5-7-13-25(22)30/h2-16,19H,17-18,20H2,1H3,(H,31,32). The van der Waals surface area contributed by atoms with Crippen LogP contribution in [-0.2, 0) is 13.0 Å². The molecule has 4 rings (SSSR count). The molecule has 1 amide bonds. The van der Waals surface area contributed by atoms with Gasteiger partial charge in [0, 0.05) is 12.1 Å². The summed E-state index contributed by atoms with van der Waals surface area (Å²) in [7, 11) is 1.61. The maximum atomic E-state index is 13.8. The van der Waals surface area contributed by atoms with Crippen molar-refractivity contribution < 1.29 is 23.4 Å². The predicted molar refractivity (Wildman–Crippen MR) is 133 cm³/mol. The summed E-state index contributed by atoms with van der Waals surface area (Å²) < 4.78 is 30.9. The number of nitrogens with one attached hydrogen (secondary N) is 1. The van der Waals surface area contributed by atoms with Crippen LogP contribution < -0.4 is 19.5 Å². The van der Waals surface area contributed by atoms with E-state index in [1.807, 2.05) is 60.7 Å². The van der Waals surface area contributed by atoms with Crippen LogP contribution in [0.25, 0.3) is 11.1 Å². The molecule has 0 aliphatic carbocycles. The lowest BCUT2D eigenvalue weighted by Crippen LogP contribution is -2.29. The number of amides is 1. The molecule has 5 nitrogen and oxygen atoms in total. The molecule has 0 saturated heterocycles. The first kappa shape index (κ1) is 23.8. The van der Waals surface area contributed by atoms with Gasteiger partial charge in [0.2, 0.25) is 0 Å². The molecule has 0 saturated carbocycles. The molecule has 0 unspecified atom stereocenters. The third-order valence-electron chi connectivity index (χ3n) is 5.42. The first-order chi connectivity index (χ1) is 17.1. The third-order valence-corrected chi connectivity index (χ3v) is 5.42. The van der Waals surface area contributed by atoms with Crippen molar-refractivity contribution in [1.82, 2.24) is 5.32 Å². The summed E-state index contributed by atoms with van der Waals surface area (Å²) in [6.07, 6.45) is -0.302. The molecule has 4 aromatic carbocycles. The van der Waals surface area contributed by atoms with Gasteiger partial charge >= 0.3 is 6.09 Å². The summed E-state index contributed by atoms with van der Waals surface area (Å²) in [6, 6.07) is 29.2. The summed E-state index contributed by atoms with van der Waals surface area (Å²) in [5.74, 6) is 1.10. The number of carbonyl (C=O) groups is 1. The van der Waals surface area contributed by atoms with Crippen molar-refractivity contribution in [3.8, 4) is 28.4 Å². The smallest absolute Gasteiger partial charge is 0.412 e. The van der Waals surface area contributed by atoms with Crippen molar-refractivity contribution in [2.75, 3.05) is 13.7 Å². The van der Waals surface area contributed by atoms with Crippen LogP contribution in [0.3, 0.4) is 0 Å². The fourth-order valence-corrected chi connectivity index (χ4v) is 3.63. The van der Waals surface area contributed by atoms with Crippen molar-refractivity contribution >= 4 is 6.09 Å². The van der Waals surface area contributed by atoms with Crippen molar-refractivity contribution in [3.05, 3.63) is 114 Å². The van der Waals surface area contributed by atoms with E-state index in [-0.39, 0.29) is 18.1 Å². The molecule has 4 aromatic rings. The van der Waals surface area contributed by atoms with Gasteiger partial charge in [0.1, 0.15) is 18.2 Å². The Balaban J connectivity index is 1.51. The molecule has 6 heteroatoms. The Morgan fingerprint density at radius 3 is 2.37 bits per heavy atom. The number of methoxy groups -OCH3 is 1. The topological polar surface area (TPSA) is 56.8 Å². The van der Waals surface area contributed by atoms with Gasteiger partial charge in [-0.25, -0.2) is 9.18 Å². The Hall–Kier alpha value is -4.32. The monoisotopic (exact) mass is 471 g/mol. The van der Waals surface area contributed by atoms with Crippen molar-refractivity contribution in [2.24, 2.45) is 0 Å². The normalized spacial score (nSPS) is 10.5. The van der Waals surface area contributed by atoms with Crippen LogP contribution in [0.5, 0.6) is 17.2 Å². The number of carbonyl (C=O) groups excluding carboxylic acids is 1. The first-order valence-corrected chi connectivity index (χ1v) is 11.3. The van der Waals surface area contributed by atoms with E-state index in [9.17, 15) is 9.18 Å². The van der Waals surface area contributed by atoms with Crippen LogP contribution in [0, 0.1) is 5.82 Å². The van der Waals surface area contributed by atoms with E-state index in [0.29, 0.717) is 30.1 Å². The van der Waals surface area contributed by atoms with Crippen molar-refractivity contribution in [1.29, 1.82) is 0 Å². The van der Waals surface area contributed by atoms with Gasteiger partial charge in [-0.1, -0.05) is 72.8 Å². The fraction of sp³-hybridized carbons (Fsp3) is 0.138. The molecule has 0 spiro atoms. The molecule has 0 heterocycles. The van der Waals surface area contributed by atoms with E-state index in [2.05, 4.69) is 5.32 Å². The molecule has 0 atom stereocenters. The van der Waals surface area contributed by atoms with Crippen molar-refractivity contribution in [3.63, 3.8) is 0 Å². The highest BCUT2D eigenvalue weighted by atomic mass is 19.1. The number of hydrogen-bond donors (Lipinski definition) is 1. The highest BCUT2D eigenvalue weighted by molar-refractivity contribution is 5.76. The largest absolute Gasteiger partial charge is 0.496 e. The van der Waals surface area contributed by atoms with E-state index >= 15 is 0 Å². The Kier molecular flexibility index (Phi) is 7.96. The highest BCUT2D eigenvalue weighted by Gasteiger charge is 2.15. The second-order valence-corrected chi connectivity index (χ2v) is 7.79. The van der Waals surface area contributed by atoms with E-state index < -0.39 is 6.09 Å². The van der Waals surface area contributed by atoms with Crippen LogP contribution in [0.1, 0.15) is 11.1 Å². The molecule has 0 aromatic heterocycles. The first-order valence-electron chi connectivity index (χ1n) is 11.3. The number of benzene rings is 4. The summed E-state index contributed by atoms with van der Waals surface area (Å²) in [6.45, 7) is 0.548. The minimum absolute atomic E-state index is 0.228. The van der Waals surface area contributed by atoms with E-state index in [1.54, 1.807) is 37.4 Å². The van der Waals surface area contributed by atoms with Crippen LogP contribution in [0.15, 0.2) is 97.1 Å². The van der Waals surface area contributed by atoms with Gasteiger partial charge < -0.3 is 19.5 Å². The zero-order chi connectivity index (χ0) is 24.5. The lowest BCUT2D eigenvalue weighted by molar-refractivity contribution is 0.196. The lowest BCUT2D eigenvalue weighted by Gasteiger charge is -2.15. The average Bonchev–Trinajstić information content (AvgIpc) is 2.89. The number of hydrogen-bond acceptors (Lipinski definition) is 4. The number of halogens is 1. The molecule has 0 radical (unpaired) electrons. The molecule has 0 aliphatic rings. The van der Waals surface area contributed by atoms with Gasteiger partial charge in [0.05, 0.1) is 7.11 Å². The van der Waals surface area contributed by atoms with Crippen molar-refractivity contribution in [2.45, 2.75) is 13.0 Å². The molecule has 0 fully saturated rings. The zero-order valence-corrected chi connectivity index (χ0v) is 19.4. The fourth-order valence-electron chi connectivity index (χ4n) is 3.63. The van der Waals surface area contributed by atoms with Gasteiger partial charge in [-0.2, -0.15) is 0 Å². The lowest BCUT2D eigenvalue weighted by atomic mass is 10.0. The molecular weight excluding hydrogens is 445 g/mol. The number of ether oxygens (including phenoxy) is 3. The molecule has 0 bridgehead atoms. The minimum Gasteiger partial charge on any atom is -0.496 e. The maximum absolute atomic E-state index is 13.8. The van der Waals surface area contributed by atoms with E-state index in [0.717, 1.165) is 16.7 Å². The van der Waals surface area contributed by atoms with E-state index in [4.69, 9.17) is 14.2 Å². The van der Waals surface area contributed by atoms with Crippen LogP contribution in [-0.4, -0.2) is 19.7 Å². The Bertz CT molecular complexity index is 1280. The average molecular weight is 472 g/mol. The molecule has 178 valence electrons. The summed E-state index contributed by atoms with van der Waals surface area (Å²) in [4.78, 5) is 12.6. The molecule has 35 heavy (non-hydrogen) atoms. The van der Waals surface area contributed by atoms with Gasteiger partial charge in [-0.15, -0.1) is 0 Å². The van der Waals surface area contributed by atoms with Gasteiger partial charge in [-0.3, -0.25) is 0 Å². The second kappa shape index (κ2) is 11.7. The summed E-state index contributed by atoms with van der Waals surface area (Å²) in [5.41, 5.74) is 3.18. The Morgan fingerprint density at radius 1 is 0.829 bits per heavy atom. The van der Waals surface area contributed by atoms with Crippen LogP contribution in [0.2, 0.25) is 0 Å². The molecular formula is C29H26FNO4. The van der Waals surface area contributed by atoms with Crippen LogP contribution in [0.4, 0.5) is 9.18 Å². The zero-order valence-electron chi connectivity index (χ0n) is 19.4. The Labute approximate surface area is 204 Å². The summed E-state index contributed by atoms with van der Waals surface area (Å²) in [5, 5.41) is 2.68. The predicted octanol–water partition coefficient (Wildman–Crippen LogP) is 6.41. The van der Waals surface area contributed by atoms with E-state index in [1.165, 1.54) is 6.07 Å². The maximum Gasteiger partial charge on any atom is 0.412 e. The third kappa shape index (κ3) is 6.38. The number of rotatable bonds is 9. The number of para-hydroxylation sites is 1. The Morgan fingerprint density at radius 2 is 1.57 bits per heavy atom. The van der Waals surface area contributed by atoms with Crippen LogP contribution >= 0.6 is 0 Å². The van der Waals surface area contributed by atoms with Gasteiger partial charge in [0.25, 0.3) is 0 Å². The molecule has 0 aliphatic heterocycles. The highest BCUT2D eigenvalue weighted by Crippen LogP contribution is 2.37. The molecule has 1 N–H and O–H groups in total. The second-order valence-electron chi connectivity index (χ2n) is 7.79. The quantitative estimate of drug-likeness (QED) is 0.306. The van der Waals surface area contributed by atoms with Gasteiger partial charge in [0.15, 0.2) is 11.5 Å². The van der Waals surface area contributed by atoms with Gasteiger partial charge in [-0.05, 0) is 47.4 Å². The minimum atomic E-state index is -0.650. The SMILES string of the molecule is COc1ccccc1-c1ccc(OCc2ccccc2)c(OC(=O)NCCc2ccccc2F)c1. The summed E-state index contributed by atoms with van der Waals surface area (Å²) >= 11 is 0.